The van der Waals surface area contributed by atoms with Gasteiger partial charge in [-0.3, -0.25) is 0 Å². The zero-order chi connectivity index (χ0) is 9.47. The Morgan fingerprint density at radius 1 is 1.31 bits per heavy atom. The molecule has 0 N–H and O–H groups in total. The van der Waals surface area contributed by atoms with Crippen LogP contribution in [0.3, 0.4) is 0 Å². The lowest BCUT2D eigenvalue weighted by molar-refractivity contribution is 0.414. The molecule has 13 heavy (non-hydrogen) atoms. The lowest BCUT2D eigenvalue weighted by atomic mass is 10.1. The van der Waals surface area contributed by atoms with Crippen molar-refractivity contribution in [3.05, 3.63) is 29.8 Å². The number of methoxy groups -OCH3 is 1. The summed E-state index contributed by atoms with van der Waals surface area (Å²) in [5, 5.41) is 0. The molecule has 1 fully saturated rings. The summed E-state index contributed by atoms with van der Waals surface area (Å²) in [6, 6.07) is 7.88. The maximum atomic E-state index is 5.95. The van der Waals surface area contributed by atoms with Gasteiger partial charge in [0.05, 0.1) is 7.11 Å². The Morgan fingerprint density at radius 3 is 2.23 bits per heavy atom. The van der Waals surface area contributed by atoms with Crippen molar-refractivity contribution in [2.24, 2.45) is 0 Å². The topological polar surface area (TPSA) is 9.23 Å². The Hall–Kier alpha value is -0.400. The maximum absolute atomic E-state index is 5.95. The molecule has 1 nitrogen and oxygen atoms in total. The zero-order valence-corrected chi connectivity index (χ0v) is 8.77. The van der Waals surface area contributed by atoms with Gasteiger partial charge in [-0.1, -0.05) is 12.1 Å². The standard InChI is InChI=1S/C10H10Cl2O/c1-13-8-4-2-7(3-5-8)9-6-10(9,11)12/h2-5,9H,6H2,1H3. The van der Waals surface area contributed by atoms with Gasteiger partial charge in [0.2, 0.25) is 0 Å². The minimum atomic E-state index is -0.533. The number of halogens is 2. The van der Waals surface area contributed by atoms with E-state index in [4.69, 9.17) is 27.9 Å². The molecule has 1 aromatic carbocycles. The molecule has 0 aromatic heterocycles. The van der Waals surface area contributed by atoms with Crippen molar-refractivity contribution >= 4 is 23.2 Å². The van der Waals surface area contributed by atoms with E-state index in [1.807, 2.05) is 24.3 Å². The summed E-state index contributed by atoms with van der Waals surface area (Å²) in [6.07, 6.45) is 0.850. The van der Waals surface area contributed by atoms with Gasteiger partial charge in [-0.15, -0.1) is 23.2 Å². The molecule has 1 aromatic rings. The lowest BCUT2D eigenvalue weighted by Gasteiger charge is -2.02. The largest absolute Gasteiger partial charge is 0.497 e. The average Bonchev–Trinajstić information content (AvgIpc) is 2.76. The van der Waals surface area contributed by atoms with Crippen molar-refractivity contribution in [2.45, 2.75) is 16.7 Å². The molecule has 0 saturated heterocycles. The molecule has 0 aliphatic heterocycles. The van der Waals surface area contributed by atoms with Crippen molar-refractivity contribution in [2.75, 3.05) is 7.11 Å². The highest BCUT2D eigenvalue weighted by molar-refractivity contribution is 6.51. The van der Waals surface area contributed by atoms with Gasteiger partial charge < -0.3 is 4.74 Å². The molecule has 0 spiro atoms. The molecule has 1 aliphatic rings. The first kappa shape index (κ1) is 9.17. The summed E-state index contributed by atoms with van der Waals surface area (Å²) >= 11 is 11.9. The van der Waals surface area contributed by atoms with E-state index < -0.39 is 4.33 Å². The quantitative estimate of drug-likeness (QED) is 0.690. The number of rotatable bonds is 2. The first-order valence-corrected chi connectivity index (χ1v) is 4.91. The van der Waals surface area contributed by atoms with Crippen molar-refractivity contribution in [1.82, 2.24) is 0 Å². The van der Waals surface area contributed by atoms with Crippen molar-refractivity contribution in [1.29, 1.82) is 0 Å². The first-order valence-electron chi connectivity index (χ1n) is 4.15. The second kappa shape index (κ2) is 3.07. The van der Waals surface area contributed by atoms with Crippen LogP contribution in [0.4, 0.5) is 0 Å². The molecule has 2 rings (SSSR count). The summed E-state index contributed by atoms with van der Waals surface area (Å²) in [5.41, 5.74) is 1.19. The predicted molar refractivity (Wildman–Crippen MR) is 54.8 cm³/mol. The van der Waals surface area contributed by atoms with E-state index in [0.29, 0.717) is 5.92 Å². The van der Waals surface area contributed by atoms with E-state index in [1.165, 1.54) is 5.56 Å². The fraction of sp³-hybridized carbons (Fsp3) is 0.400. The highest BCUT2D eigenvalue weighted by Gasteiger charge is 2.52. The van der Waals surface area contributed by atoms with E-state index >= 15 is 0 Å². The van der Waals surface area contributed by atoms with E-state index in [9.17, 15) is 0 Å². The van der Waals surface area contributed by atoms with Crippen LogP contribution in [0.5, 0.6) is 5.75 Å². The highest BCUT2D eigenvalue weighted by Crippen LogP contribution is 2.59. The minimum absolute atomic E-state index is 0.293. The molecule has 1 unspecified atom stereocenters. The van der Waals surface area contributed by atoms with Gasteiger partial charge in [0, 0.05) is 5.92 Å². The van der Waals surface area contributed by atoms with E-state index in [2.05, 4.69) is 0 Å². The first-order chi connectivity index (χ1) is 6.13. The van der Waals surface area contributed by atoms with Crippen molar-refractivity contribution < 1.29 is 4.74 Å². The van der Waals surface area contributed by atoms with Gasteiger partial charge in [0.1, 0.15) is 10.1 Å². The summed E-state index contributed by atoms with van der Waals surface area (Å²) in [5.74, 6) is 1.15. The SMILES string of the molecule is COc1ccc(C2CC2(Cl)Cl)cc1. The Balaban J connectivity index is 2.16. The minimum Gasteiger partial charge on any atom is -0.497 e. The second-order valence-electron chi connectivity index (χ2n) is 3.29. The molecule has 0 radical (unpaired) electrons. The zero-order valence-electron chi connectivity index (χ0n) is 7.26. The Kier molecular flexibility index (Phi) is 2.17. The highest BCUT2D eigenvalue weighted by atomic mass is 35.5. The van der Waals surface area contributed by atoms with E-state index in [0.717, 1.165) is 12.2 Å². The summed E-state index contributed by atoms with van der Waals surface area (Å²) in [7, 11) is 1.65. The molecule has 1 aliphatic carbocycles. The molecular formula is C10H10Cl2O. The van der Waals surface area contributed by atoms with Crippen LogP contribution in [0.2, 0.25) is 0 Å². The third kappa shape index (κ3) is 1.77. The normalized spacial score (nSPS) is 24.1. The van der Waals surface area contributed by atoms with Crippen LogP contribution in [-0.2, 0) is 0 Å². The van der Waals surface area contributed by atoms with Crippen LogP contribution in [-0.4, -0.2) is 11.4 Å². The van der Waals surface area contributed by atoms with Crippen LogP contribution in [0, 0.1) is 0 Å². The van der Waals surface area contributed by atoms with Gasteiger partial charge in [0.15, 0.2) is 0 Å². The molecule has 3 heteroatoms. The van der Waals surface area contributed by atoms with Gasteiger partial charge in [0.25, 0.3) is 0 Å². The Labute approximate surface area is 87.6 Å². The number of hydrogen-bond donors (Lipinski definition) is 0. The fourth-order valence-corrected chi connectivity index (χ4v) is 1.97. The second-order valence-corrected chi connectivity index (χ2v) is 4.83. The smallest absolute Gasteiger partial charge is 0.125 e. The predicted octanol–water partition coefficient (Wildman–Crippen LogP) is 3.36. The van der Waals surface area contributed by atoms with Crippen molar-refractivity contribution in [3.8, 4) is 5.75 Å². The van der Waals surface area contributed by atoms with Gasteiger partial charge >= 0.3 is 0 Å². The molecule has 70 valence electrons. The summed E-state index contributed by atoms with van der Waals surface area (Å²) in [4.78, 5) is 0. The average molecular weight is 217 g/mol. The monoisotopic (exact) mass is 216 g/mol. The van der Waals surface area contributed by atoms with Crippen LogP contribution < -0.4 is 4.74 Å². The van der Waals surface area contributed by atoms with E-state index in [1.54, 1.807) is 7.11 Å². The third-order valence-corrected chi connectivity index (χ3v) is 3.18. The molecule has 0 amide bonds. The molecule has 0 heterocycles. The fourth-order valence-electron chi connectivity index (χ4n) is 1.41. The van der Waals surface area contributed by atoms with Gasteiger partial charge in [-0.05, 0) is 24.1 Å². The summed E-state index contributed by atoms with van der Waals surface area (Å²) in [6.45, 7) is 0. The lowest BCUT2D eigenvalue weighted by Crippen LogP contribution is -1.90. The van der Waals surface area contributed by atoms with Crippen LogP contribution in [0.25, 0.3) is 0 Å². The van der Waals surface area contributed by atoms with Crippen molar-refractivity contribution in [3.63, 3.8) is 0 Å². The number of ether oxygens (including phenoxy) is 1. The Morgan fingerprint density at radius 2 is 1.85 bits per heavy atom. The molecular weight excluding hydrogens is 207 g/mol. The van der Waals surface area contributed by atoms with Crippen LogP contribution in [0.1, 0.15) is 17.9 Å². The Bertz CT molecular complexity index is 305. The maximum Gasteiger partial charge on any atom is 0.125 e. The number of alkyl halides is 2. The molecule has 1 atom stereocenters. The number of benzene rings is 1. The number of hydrogen-bond acceptors (Lipinski definition) is 1. The van der Waals surface area contributed by atoms with Gasteiger partial charge in [-0.2, -0.15) is 0 Å². The van der Waals surface area contributed by atoms with Gasteiger partial charge in [-0.25, -0.2) is 0 Å². The van der Waals surface area contributed by atoms with E-state index in [-0.39, 0.29) is 0 Å². The summed E-state index contributed by atoms with van der Waals surface area (Å²) < 4.78 is 4.52. The molecule has 0 bridgehead atoms. The third-order valence-electron chi connectivity index (χ3n) is 2.34. The molecule has 1 saturated carbocycles. The van der Waals surface area contributed by atoms with Crippen LogP contribution >= 0.6 is 23.2 Å². The van der Waals surface area contributed by atoms with Crippen LogP contribution in [0.15, 0.2) is 24.3 Å².